The van der Waals surface area contributed by atoms with E-state index in [9.17, 15) is 0 Å². The Morgan fingerprint density at radius 2 is 1.93 bits per heavy atom. The molecule has 0 amide bonds. The first-order valence-corrected chi connectivity index (χ1v) is 5.95. The molecule has 1 heterocycles. The Labute approximate surface area is 98.9 Å². The van der Waals surface area contributed by atoms with Crippen LogP contribution in [0, 0.1) is 13.8 Å². The van der Waals surface area contributed by atoms with Crippen molar-refractivity contribution >= 4 is 21.8 Å². The Morgan fingerprint density at radius 1 is 1.33 bits per heavy atom. The fraction of sp³-hybridized carbons (Fsp3) is 0.417. The Hall–Kier alpha value is -0.830. The van der Waals surface area contributed by atoms with Crippen LogP contribution in [0.25, 0.3) is 0 Å². The average molecular weight is 267 g/mol. The topological polar surface area (TPSA) is 24.4 Å². The second-order valence-corrected chi connectivity index (χ2v) is 4.95. The summed E-state index contributed by atoms with van der Waals surface area (Å²) in [5.41, 5.74) is 3.71. The molecule has 1 aromatic carbocycles. The second kappa shape index (κ2) is 3.97. The lowest BCUT2D eigenvalue weighted by Gasteiger charge is -2.09. The Balaban J connectivity index is 2.38. The predicted octanol–water partition coefficient (Wildman–Crippen LogP) is 2.80. The molecule has 2 nitrogen and oxygen atoms in total. The minimum Gasteiger partial charge on any atom is -0.366 e. The monoisotopic (exact) mass is 266 g/mol. The maximum absolute atomic E-state index is 4.49. The first-order valence-electron chi connectivity index (χ1n) is 5.16. The second-order valence-electron chi connectivity index (χ2n) is 4.16. The van der Waals surface area contributed by atoms with Gasteiger partial charge in [-0.25, -0.2) is 0 Å². The minimum absolute atomic E-state index is 0.462. The van der Waals surface area contributed by atoms with Crippen LogP contribution in [-0.2, 0) is 0 Å². The van der Waals surface area contributed by atoms with Crippen molar-refractivity contribution in [1.82, 2.24) is 5.32 Å². The number of nitrogens with zero attached hydrogens (tertiary/aromatic N) is 1. The van der Waals surface area contributed by atoms with Gasteiger partial charge in [-0.1, -0.05) is 15.9 Å². The third kappa shape index (κ3) is 2.07. The van der Waals surface area contributed by atoms with E-state index >= 15 is 0 Å². The number of aliphatic imine (C=N–C) groups is 1. The quantitative estimate of drug-likeness (QED) is 0.831. The molecular weight excluding hydrogens is 252 g/mol. The van der Waals surface area contributed by atoms with Crippen LogP contribution in [0.5, 0.6) is 0 Å². The highest BCUT2D eigenvalue weighted by atomic mass is 79.9. The van der Waals surface area contributed by atoms with Gasteiger partial charge in [0.05, 0.1) is 6.54 Å². The normalized spacial score (nSPS) is 20.0. The van der Waals surface area contributed by atoms with E-state index in [4.69, 9.17) is 0 Å². The standard InChI is InChI=1S/C12H15BrN2/c1-7-4-10(5-8(2)11(7)13)12-14-6-9(3)15-12/h4-5,9H,6H2,1-3H3,(H,14,15). The van der Waals surface area contributed by atoms with Crippen LogP contribution in [0.1, 0.15) is 23.6 Å². The summed E-state index contributed by atoms with van der Waals surface area (Å²) in [5.74, 6) is 1.03. The van der Waals surface area contributed by atoms with Crippen molar-refractivity contribution in [1.29, 1.82) is 0 Å². The Kier molecular flexibility index (Phi) is 2.83. The Morgan fingerprint density at radius 3 is 2.40 bits per heavy atom. The first kappa shape index (κ1) is 10.7. The summed E-state index contributed by atoms with van der Waals surface area (Å²) in [6.45, 7) is 7.25. The largest absolute Gasteiger partial charge is 0.366 e. The summed E-state index contributed by atoms with van der Waals surface area (Å²) in [7, 11) is 0. The number of aryl methyl sites for hydroxylation is 2. The van der Waals surface area contributed by atoms with E-state index in [1.807, 2.05) is 0 Å². The molecule has 1 aromatic rings. The van der Waals surface area contributed by atoms with Gasteiger partial charge in [0.25, 0.3) is 0 Å². The molecule has 0 fully saturated rings. The van der Waals surface area contributed by atoms with Crippen molar-refractivity contribution < 1.29 is 0 Å². The van der Waals surface area contributed by atoms with E-state index in [1.54, 1.807) is 0 Å². The third-order valence-corrected chi connectivity index (χ3v) is 3.87. The number of halogens is 1. The van der Waals surface area contributed by atoms with Gasteiger partial charge in [0.1, 0.15) is 5.84 Å². The third-order valence-electron chi connectivity index (χ3n) is 2.62. The fourth-order valence-corrected chi connectivity index (χ4v) is 2.04. The van der Waals surface area contributed by atoms with E-state index in [0.717, 1.165) is 12.4 Å². The van der Waals surface area contributed by atoms with Gasteiger partial charge in [0.15, 0.2) is 0 Å². The first-order chi connectivity index (χ1) is 7.08. The smallest absolute Gasteiger partial charge is 0.128 e. The van der Waals surface area contributed by atoms with Gasteiger partial charge < -0.3 is 5.32 Å². The number of benzene rings is 1. The molecule has 2 rings (SSSR count). The zero-order chi connectivity index (χ0) is 11.0. The van der Waals surface area contributed by atoms with Crippen molar-refractivity contribution in [3.63, 3.8) is 0 Å². The molecule has 0 aliphatic carbocycles. The maximum Gasteiger partial charge on any atom is 0.128 e. The molecule has 1 unspecified atom stereocenters. The lowest BCUT2D eigenvalue weighted by molar-refractivity contribution is 0.726. The van der Waals surface area contributed by atoms with E-state index < -0.39 is 0 Å². The van der Waals surface area contributed by atoms with Crippen molar-refractivity contribution in [3.8, 4) is 0 Å². The summed E-state index contributed by atoms with van der Waals surface area (Å²) >= 11 is 3.57. The summed E-state index contributed by atoms with van der Waals surface area (Å²) in [4.78, 5) is 4.49. The van der Waals surface area contributed by atoms with Crippen LogP contribution in [0.4, 0.5) is 0 Å². The molecule has 1 aliphatic heterocycles. The maximum atomic E-state index is 4.49. The average Bonchev–Trinajstić information content (AvgIpc) is 2.60. The van der Waals surface area contributed by atoms with Gasteiger partial charge in [-0.2, -0.15) is 0 Å². The van der Waals surface area contributed by atoms with Crippen LogP contribution in [0.2, 0.25) is 0 Å². The van der Waals surface area contributed by atoms with Crippen LogP contribution in [0.3, 0.4) is 0 Å². The molecule has 0 spiro atoms. The van der Waals surface area contributed by atoms with Crippen molar-refractivity contribution in [2.45, 2.75) is 26.8 Å². The van der Waals surface area contributed by atoms with E-state index in [1.165, 1.54) is 21.2 Å². The number of hydrogen-bond donors (Lipinski definition) is 1. The van der Waals surface area contributed by atoms with Gasteiger partial charge in [0, 0.05) is 16.1 Å². The SMILES string of the molecule is Cc1cc(C2=NCC(C)N2)cc(C)c1Br. The highest BCUT2D eigenvalue weighted by Gasteiger charge is 2.15. The van der Waals surface area contributed by atoms with E-state index in [2.05, 4.69) is 59.1 Å². The van der Waals surface area contributed by atoms with Gasteiger partial charge >= 0.3 is 0 Å². The van der Waals surface area contributed by atoms with Crippen LogP contribution in [-0.4, -0.2) is 18.4 Å². The van der Waals surface area contributed by atoms with Gasteiger partial charge in [0.2, 0.25) is 0 Å². The lowest BCUT2D eigenvalue weighted by atomic mass is 10.1. The number of rotatable bonds is 1. The number of nitrogens with one attached hydrogen (secondary N) is 1. The molecular formula is C12H15BrN2. The summed E-state index contributed by atoms with van der Waals surface area (Å²) in [5, 5.41) is 3.38. The molecule has 1 N–H and O–H groups in total. The van der Waals surface area contributed by atoms with E-state index in [0.29, 0.717) is 6.04 Å². The van der Waals surface area contributed by atoms with Crippen molar-refractivity contribution in [2.24, 2.45) is 4.99 Å². The molecule has 0 saturated carbocycles. The molecule has 0 radical (unpaired) electrons. The molecule has 0 bridgehead atoms. The predicted molar refractivity (Wildman–Crippen MR) is 67.6 cm³/mol. The highest BCUT2D eigenvalue weighted by Crippen LogP contribution is 2.23. The Bertz CT molecular complexity index is 401. The summed E-state index contributed by atoms with van der Waals surface area (Å²) < 4.78 is 1.19. The van der Waals surface area contributed by atoms with Crippen LogP contribution >= 0.6 is 15.9 Å². The van der Waals surface area contributed by atoms with Gasteiger partial charge in [-0.15, -0.1) is 0 Å². The molecule has 3 heteroatoms. The molecule has 0 saturated heterocycles. The molecule has 80 valence electrons. The molecule has 0 aromatic heterocycles. The van der Waals surface area contributed by atoms with Crippen LogP contribution < -0.4 is 5.32 Å². The molecule has 1 aliphatic rings. The van der Waals surface area contributed by atoms with Crippen molar-refractivity contribution in [2.75, 3.05) is 6.54 Å². The number of hydrogen-bond acceptors (Lipinski definition) is 2. The van der Waals surface area contributed by atoms with Crippen LogP contribution in [0.15, 0.2) is 21.6 Å². The lowest BCUT2D eigenvalue weighted by Crippen LogP contribution is -2.27. The van der Waals surface area contributed by atoms with Gasteiger partial charge in [-0.05, 0) is 44.0 Å². The summed E-state index contributed by atoms with van der Waals surface area (Å²) in [6, 6.07) is 4.80. The zero-order valence-corrected chi connectivity index (χ0v) is 10.9. The molecule has 15 heavy (non-hydrogen) atoms. The molecule has 1 atom stereocenters. The van der Waals surface area contributed by atoms with Gasteiger partial charge in [-0.3, -0.25) is 4.99 Å². The summed E-state index contributed by atoms with van der Waals surface area (Å²) in [6.07, 6.45) is 0. The zero-order valence-electron chi connectivity index (χ0n) is 9.26. The van der Waals surface area contributed by atoms with Crippen molar-refractivity contribution in [3.05, 3.63) is 33.3 Å². The fourth-order valence-electron chi connectivity index (χ4n) is 1.81. The highest BCUT2D eigenvalue weighted by molar-refractivity contribution is 9.10. The van der Waals surface area contributed by atoms with E-state index in [-0.39, 0.29) is 0 Å². The minimum atomic E-state index is 0.462. The number of amidine groups is 1.